The highest BCUT2D eigenvalue weighted by molar-refractivity contribution is 5.75. The fourth-order valence-corrected chi connectivity index (χ4v) is 2.40. The van der Waals surface area contributed by atoms with Gasteiger partial charge in [0, 0.05) is 13.0 Å². The number of carbonyl (C=O) groups excluding carboxylic acids is 1. The molecule has 0 saturated carbocycles. The molecule has 0 fully saturated rings. The summed E-state index contributed by atoms with van der Waals surface area (Å²) < 4.78 is 5.58. The van der Waals surface area contributed by atoms with Crippen LogP contribution in [0.2, 0.25) is 0 Å². The second-order valence-corrected chi connectivity index (χ2v) is 6.29. The van der Waals surface area contributed by atoms with Crippen molar-refractivity contribution in [1.29, 1.82) is 0 Å². The minimum Gasteiger partial charge on any atom is -0.374 e. The molecule has 0 unspecified atom stereocenters. The van der Waals surface area contributed by atoms with Crippen molar-refractivity contribution in [2.24, 2.45) is 0 Å². The number of nitrogens with one attached hydrogen (secondary N) is 1. The molecule has 1 amide bonds. The number of amides is 1. The van der Waals surface area contributed by atoms with Crippen molar-refractivity contribution >= 4 is 5.91 Å². The third-order valence-electron chi connectivity index (χ3n) is 3.81. The van der Waals surface area contributed by atoms with Gasteiger partial charge in [-0.25, -0.2) is 0 Å². The average molecular weight is 325 g/mol. The number of carbonyl (C=O) groups is 1. The monoisotopic (exact) mass is 325 g/mol. The van der Waals surface area contributed by atoms with Gasteiger partial charge in [0.25, 0.3) is 0 Å². The van der Waals surface area contributed by atoms with Crippen LogP contribution in [0.1, 0.15) is 43.4 Å². The summed E-state index contributed by atoms with van der Waals surface area (Å²) >= 11 is 0. The van der Waals surface area contributed by atoms with Crippen molar-refractivity contribution in [2.45, 2.75) is 52.4 Å². The molecule has 24 heavy (non-hydrogen) atoms. The van der Waals surface area contributed by atoms with Gasteiger partial charge in [-0.2, -0.15) is 0 Å². The summed E-state index contributed by atoms with van der Waals surface area (Å²) in [6, 6.07) is 18.5. The summed E-state index contributed by atoms with van der Waals surface area (Å²) in [6.07, 6.45) is 2.62. The molecule has 0 bridgehead atoms. The van der Waals surface area contributed by atoms with Crippen LogP contribution in [0.15, 0.2) is 54.6 Å². The molecule has 1 N–H and O–H groups in total. The zero-order chi connectivity index (χ0) is 17.2. The van der Waals surface area contributed by atoms with Crippen LogP contribution >= 0.6 is 0 Å². The Hall–Kier alpha value is -2.13. The molecule has 0 aromatic heterocycles. The Morgan fingerprint density at radius 2 is 1.62 bits per heavy atom. The Kier molecular flexibility index (Phi) is 7.50. The minimum atomic E-state index is 0.109. The van der Waals surface area contributed by atoms with Crippen LogP contribution in [-0.2, 0) is 29.1 Å². The lowest BCUT2D eigenvalue weighted by Crippen LogP contribution is -2.22. The summed E-state index contributed by atoms with van der Waals surface area (Å²) in [6.45, 7) is 5.27. The number of benzene rings is 2. The SMILES string of the molecule is CC(C)OCc1ccc(CNC(=O)CCCc2ccccc2)cc1. The van der Waals surface area contributed by atoms with Gasteiger partial charge in [0.15, 0.2) is 0 Å². The maximum atomic E-state index is 11.9. The fourth-order valence-electron chi connectivity index (χ4n) is 2.40. The first kappa shape index (κ1) is 18.2. The van der Waals surface area contributed by atoms with E-state index in [1.165, 1.54) is 5.56 Å². The highest BCUT2D eigenvalue weighted by Gasteiger charge is 2.03. The molecule has 0 spiro atoms. The van der Waals surface area contributed by atoms with Crippen LogP contribution in [0.5, 0.6) is 0 Å². The van der Waals surface area contributed by atoms with E-state index >= 15 is 0 Å². The Labute approximate surface area is 145 Å². The normalized spacial score (nSPS) is 10.8. The second kappa shape index (κ2) is 9.89. The average Bonchev–Trinajstić information content (AvgIpc) is 2.60. The van der Waals surface area contributed by atoms with E-state index in [-0.39, 0.29) is 12.0 Å². The molecule has 0 aliphatic carbocycles. The predicted molar refractivity (Wildman–Crippen MR) is 97.6 cm³/mol. The summed E-state index contributed by atoms with van der Waals surface area (Å²) in [4.78, 5) is 11.9. The quantitative estimate of drug-likeness (QED) is 0.748. The molecular formula is C21H27NO2. The zero-order valence-corrected chi connectivity index (χ0v) is 14.6. The smallest absolute Gasteiger partial charge is 0.220 e. The summed E-state index contributed by atoms with van der Waals surface area (Å²) in [7, 11) is 0. The molecule has 2 aromatic rings. The lowest BCUT2D eigenvalue weighted by atomic mass is 10.1. The molecular weight excluding hydrogens is 298 g/mol. The van der Waals surface area contributed by atoms with E-state index < -0.39 is 0 Å². The molecule has 2 aromatic carbocycles. The number of ether oxygens (including phenoxy) is 1. The van der Waals surface area contributed by atoms with Gasteiger partial charge in [0.05, 0.1) is 12.7 Å². The first-order chi connectivity index (χ1) is 11.6. The molecule has 3 nitrogen and oxygen atoms in total. The zero-order valence-electron chi connectivity index (χ0n) is 14.6. The molecule has 128 valence electrons. The second-order valence-electron chi connectivity index (χ2n) is 6.29. The molecule has 0 saturated heterocycles. The lowest BCUT2D eigenvalue weighted by molar-refractivity contribution is -0.121. The molecule has 0 heterocycles. The van der Waals surface area contributed by atoms with Gasteiger partial charge in [-0.05, 0) is 43.4 Å². The van der Waals surface area contributed by atoms with Crippen molar-refractivity contribution in [3.8, 4) is 0 Å². The molecule has 0 atom stereocenters. The Morgan fingerprint density at radius 1 is 0.958 bits per heavy atom. The van der Waals surface area contributed by atoms with Gasteiger partial charge in [-0.3, -0.25) is 4.79 Å². The molecule has 0 aliphatic rings. The van der Waals surface area contributed by atoms with Crippen LogP contribution in [0.3, 0.4) is 0 Å². The van der Waals surface area contributed by atoms with Crippen LogP contribution in [-0.4, -0.2) is 12.0 Å². The van der Waals surface area contributed by atoms with E-state index in [2.05, 4.69) is 29.6 Å². The van der Waals surface area contributed by atoms with Gasteiger partial charge in [-0.15, -0.1) is 0 Å². The molecule has 3 heteroatoms. The van der Waals surface area contributed by atoms with E-state index in [0.29, 0.717) is 19.6 Å². The molecule has 0 radical (unpaired) electrons. The lowest BCUT2D eigenvalue weighted by Gasteiger charge is -2.09. The number of hydrogen-bond donors (Lipinski definition) is 1. The van der Waals surface area contributed by atoms with Gasteiger partial charge in [-0.1, -0.05) is 54.6 Å². The van der Waals surface area contributed by atoms with E-state index in [0.717, 1.165) is 24.0 Å². The van der Waals surface area contributed by atoms with E-state index in [4.69, 9.17) is 4.74 Å². The number of hydrogen-bond acceptors (Lipinski definition) is 2. The minimum absolute atomic E-state index is 0.109. The van der Waals surface area contributed by atoms with Crippen molar-refractivity contribution in [1.82, 2.24) is 5.32 Å². The maximum absolute atomic E-state index is 11.9. The van der Waals surface area contributed by atoms with Crippen LogP contribution in [0.4, 0.5) is 0 Å². The fraction of sp³-hybridized carbons (Fsp3) is 0.381. The summed E-state index contributed by atoms with van der Waals surface area (Å²) in [5, 5.41) is 2.98. The molecule has 2 rings (SSSR count). The Balaban J connectivity index is 1.66. The van der Waals surface area contributed by atoms with Gasteiger partial charge in [0.1, 0.15) is 0 Å². The third kappa shape index (κ3) is 6.97. The van der Waals surface area contributed by atoms with Gasteiger partial charge in [0.2, 0.25) is 5.91 Å². The van der Waals surface area contributed by atoms with Gasteiger partial charge >= 0.3 is 0 Å². The predicted octanol–water partition coefficient (Wildman–Crippen LogP) is 4.25. The number of rotatable bonds is 9. The van der Waals surface area contributed by atoms with E-state index in [1.807, 2.05) is 44.2 Å². The summed E-state index contributed by atoms with van der Waals surface area (Å²) in [5.74, 6) is 0.109. The van der Waals surface area contributed by atoms with Crippen LogP contribution < -0.4 is 5.32 Å². The van der Waals surface area contributed by atoms with Crippen molar-refractivity contribution in [2.75, 3.05) is 0 Å². The topological polar surface area (TPSA) is 38.3 Å². The Morgan fingerprint density at radius 3 is 2.29 bits per heavy atom. The molecule has 0 aliphatic heterocycles. The van der Waals surface area contributed by atoms with Crippen LogP contribution in [0, 0.1) is 0 Å². The summed E-state index contributed by atoms with van der Waals surface area (Å²) in [5.41, 5.74) is 3.55. The van der Waals surface area contributed by atoms with E-state index in [1.54, 1.807) is 0 Å². The van der Waals surface area contributed by atoms with Gasteiger partial charge < -0.3 is 10.1 Å². The first-order valence-electron chi connectivity index (χ1n) is 8.63. The van der Waals surface area contributed by atoms with E-state index in [9.17, 15) is 4.79 Å². The number of aryl methyl sites for hydroxylation is 1. The highest BCUT2D eigenvalue weighted by atomic mass is 16.5. The van der Waals surface area contributed by atoms with Crippen molar-refractivity contribution < 1.29 is 9.53 Å². The maximum Gasteiger partial charge on any atom is 0.220 e. The standard InChI is InChI=1S/C21H27NO2/c1-17(2)24-16-20-13-11-19(12-14-20)15-22-21(23)10-6-9-18-7-4-3-5-8-18/h3-5,7-8,11-14,17H,6,9-10,15-16H2,1-2H3,(H,22,23). The third-order valence-corrected chi connectivity index (χ3v) is 3.81. The van der Waals surface area contributed by atoms with Crippen LogP contribution in [0.25, 0.3) is 0 Å². The van der Waals surface area contributed by atoms with Crippen molar-refractivity contribution in [3.63, 3.8) is 0 Å². The first-order valence-corrected chi connectivity index (χ1v) is 8.63. The highest BCUT2D eigenvalue weighted by Crippen LogP contribution is 2.08. The van der Waals surface area contributed by atoms with Crippen molar-refractivity contribution in [3.05, 3.63) is 71.3 Å². The Bertz CT molecular complexity index is 605. The largest absolute Gasteiger partial charge is 0.374 e.